The SMILES string of the molecule is Cc1csc(NC(=O)c2ccc(N3CCCC(C)C3)c([N+](=O)[O-])c2)n1. The van der Waals surface area contributed by atoms with Gasteiger partial charge >= 0.3 is 0 Å². The second-order valence-corrected chi connectivity index (χ2v) is 7.26. The first-order chi connectivity index (χ1) is 11.9. The second-order valence-electron chi connectivity index (χ2n) is 6.40. The molecule has 1 N–H and O–H groups in total. The maximum atomic E-state index is 12.4. The Kier molecular flexibility index (Phi) is 4.98. The lowest BCUT2D eigenvalue weighted by molar-refractivity contribution is -0.384. The van der Waals surface area contributed by atoms with Gasteiger partial charge in [0.05, 0.1) is 10.6 Å². The number of piperidine rings is 1. The molecule has 2 aromatic rings. The van der Waals surface area contributed by atoms with Crippen molar-refractivity contribution >= 4 is 33.8 Å². The number of hydrogen-bond acceptors (Lipinski definition) is 6. The van der Waals surface area contributed by atoms with E-state index >= 15 is 0 Å². The molecular formula is C17H20N4O3S. The van der Waals surface area contributed by atoms with Crippen LogP contribution in [0.2, 0.25) is 0 Å². The highest BCUT2D eigenvalue weighted by Gasteiger charge is 2.25. The van der Waals surface area contributed by atoms with E-state index in [0.29, 0.717) is 16.7 Å². The molecule has 0 aliphatic carbocycles. The van der Waals surface area contributed by atoms with Gasteiger partial charge in [-0.05, 0) is 37.8 Å². The fourth-order valence-electron chi connectivity index (χ4n) is 3.07. The van der Waals surface area contributed by atoms with Crippen molar-refractivity contribution in [3.05, 3.63) is 45.0 Å². The van der Waals surface area contributed by atoms with Crippen molar-refractivity contribution in [3.63, 3.8) is 0 Å². The molecule has 1 unspecified atom stereocenters. The summed E-state index contributed by atoms with van der Waals surface area (Å²) in [6.45, 7) is 5.58. The number of nitro groups is 1. The maximum Gasteiger partial charge on any atom is 0.293 e. The van der Waals surface area contributed by atoms with E-state index < -0.39 is 10.8 Å². The highest BCUT2D eigenvalue weighted by Crippen LogP contribution is 2.32. The minimum absolute atomic E-state index is 0.0305. The number of aryl methyl sites for hydroxylation is 1. The fraction of sp³-hybridized carbons (Fsp3) is 0.412. The lowest BCUT2D eigenvalue weighted by Gasteiger charge is -2.32. The number of rotatable bonds is 4. The summed E-state index contributed by atoms with van der Waals surface area (Å²) < 4.78 is 0. The lowest BCUT2D eigenvalue weighted by Crippen LogP contribution is -2.34. The smallest absolute Gasteiger partial charge is 0.293 e. The molecule has 3 rings (SSSR count). The number of nitro benzene ring substituents is 1. The maximum absolute atomic E-state index is 12.4. The van der Waals surface area contributed by atoms with Crippen molar-refractivity contribution in [3.8, 4) is 0 Å². The Hall–Kier alpha value is -2.48. The van der Waals surface area contributed by atoms with E-state index in [4.69, 9.17) is 0 Å². The number of aromatic nitrogens is 1. The molecule has 7 nitrogen and oxygen atoms in total. The van der Waals surface area contributed by atoms with Gasteiger partial charge in [0.15, 0.2) is 5.13 Å². The van der Waals surface area contributed by atoms with E-state index in [1.54, 1.807) is 12.1 Å². The molecule has 1 aromatic carbocycles. The summed E-state index contributed by atoms with van der Waals surface area (Å²) in [7, 11) is 0. The van der Waals surface area contributed by atoms with Gasteiger partial charge in [0.1, 0.15) is 5.69 Å². The van der Waals surface area contributed by atoms with E-state index in [2.05, 4.69) is 17.2 Å². The van der Waals surface area contributed by atoms with Gasteiger partial charge < -0.3 is 4.90 Å². The minimum Gasteiger partial charge on any atom is -0.366 e. The Bertz CT molecular complexity index is 805. The van der Waals surface area contributed by atoms with Crippen LogP contribution < -0.4 is 10.2 Å². The minimum atomic E-state index is -0.418. The predicted molar refractivity (Wildman–Crippen MR) is 98.5 cm³/mol. The normalized spacial score (nSPS) is 17.4. The van der Waals surface area contributed by atoms with Crippen molar-refractivity contribution in [2.75, 3.05) is 23.3 Å². The average Bonchev–Trinajstić information content (AvgIpc) is 2.99. The largest absolute Gasteiger partial charge is 0.366 e. The third kappa shape index (κ3) is 3.96. The number of amides is 1. The number of thiazole rings is 1. The number of anilines is 2. The number of carbonyl (C=O) groups is 1. The van der Waals surface area contributed by atoms with E-state index in [-0.39, 0.29) is 11.3 Å². The van der Waals surface area contributed by atoms with Gasteiger partial charge in [0, 0.05) is 30.1 Å². The highest BCUT2D eigenvalue weighted by atomic mass is 32.1. The van der Waals surface area contributed by atoms with Crippen LogP contribution in [0.25, 0.3) is 0 Å². The van der Waals surface area contributed by atoms with Crippen molar-refractivity contribution in [1.82, 2.24) is 4.98 Å². The zero-order valence-electron chi connectivity index (χ0n) is 14.2. The van der Waals surface area contributed by atoms with Gasteiger partial charge in [-0.25, -0.2) is 4.98 Å². The molecule has 1 amide bonds. The summed E-state index contributed by atoms with van der Waals surface area (Å²) in [5.41, 5.74) is 1.63. The fourth-order valence-corrected chi connectivity index (χ4v) is 3.75. The zero-order valence-corrected chi connectivity index (χ0v) is 15.0. The first-order valence-electron chi connectivity index (χ1n) is 8.21. The molecule has 0 radical (unpaired) electrons. The van der Waals surface area contributed by atoms with Crippen LogP contribution in [0.3, 0.4) is 0 Å². The van der Waals surface area contributed by atoms with Crippen LogP contribution in [-0.2, 0) is 0 Å². The molecule has 1 aliphatic heterocycles. The standard InChI is InChI=1S/C17H20N4O3S/c1-11-4-3-7-20(9-11)14-6-5-13(8-15(14)21(23)24)16(22)19-17-18-12(2)10-25-17/h5-6,8,10-11H,3-4,7,9H2,1-2H3,(H,18,19,22). The summed E-state index contributed by atoms with van der Waals surface area (Å²) >= 11 is 1.32. The van der Waals surface area contributed by atoms with Gasteiger partial charge in [-0.1, -0.05) is 6.92 Å². The summed E-state index contributed by atoms with van der Waals surface area (Å²) in [5.74, 6) is 0.112. The molecule has 0 spiro atoms. The molecule has 1 aromatic heterocycles. The predicted octanol–water partition coefficient (Wildman–Crippen LogP) is 3.85. The van der Waals surface area contributed by atoms with Crippen LogP contribution in [0.5, 0.6) is 0 Å². The topological polar surface area (TPSA) is 88.4 Å². The summed E-state index contributed by atoms with van der Waals surface area (Å²) in [6, 6.07) is 4.67. The average molecular weight is 360 g/mol. The molecule has 1 atom stereocenters. The van der Waals surface area contributed by atoms with Crippen molar-refractivity contribution in [2.24, 2.45) is 5.92 Å². The second kappa shape index (κ2) is 7.18. The number of carbonyl (C=O) groups excluding carboxylic acids is 1. The van der Waals surface area contributed by atoms with Gasteiger partial charge in [-0.2, -0.15) is 0 Å². The van der Waals surface area contributed by atoms with Crippen molar-refractivity contribution in [1.29, 1.82) is 0 Å². The molecule has 8 heteroatoms. The van der Waals surface area contributed by atoms with Crippen LogP contribution in [0.1, 0.15) is 35.8 Å². The Morgan fingerprint density at radius 1 is 1.48 bits per heavy atom. The Balaban J connectivity index is 1.85. The molecular weight excluding hydrogens is 340 g/mol. The summed E-state index contributed by atoms with van der Waals surface area (Å²) in [6.07, 6.45) is 2.15. The Morgan fingerprint density at radius 2 is 2.28 bits per heavy atom. The molecule has 25 heavy (non-hydrogen) atoms. The third-order valence-electron chi connectivity index (χ3n) is 4.27. The van der Waals surface area contributed by atoms with Crippen LogP contribution in [0.4, 0.5) is 16.5 Å². The van der Waals surface area contributed by atoms with Crippen molar-refractivity contribution in [2.45, 2.75) is 26.7 Å². The molecule has 1 aliphatic rings. The van der Waals surface area contributed by atoms with Crippen LogP contribution in [-0.4, -0.2) is 28.9 Å². The number of hydrogen-bond donors (Lipinski definition) is 1. The van der Waals surface area contributed by atoms with Crippen LogP contribution in [0.15, 0.2) is 23.6 Å². The third-order valence-corrected chi connectivity index (χ3v) is 5.15. The first kappa shape index (κ1) is 17.3. The summed E-state index contributed by atoms with van der Waals surface area (Å²) in [4.78, 5) is 29.7. The molecule has 0 bridgehead atoms. The Morgan fingerprint density at radius 3 is 2.92 bits per heavy atom. The highest BCUT2D eigenvalue weighted by molar-refractivity contribution is 7.13. The number of benzene rings is 1. The summed E-state index contributed by atoms with van der Waals surface area (Å²) in [5, 5.41) is 16.5. The molecule has 1 fully saturated rings. The van der Waals surface area contributed by atoms with E-state index in [0.717, 1.165) is 31.6 Å². The molecule has 132 valence electrons. The van der Waals surface area contributed by atoms with E-state index in [1.807, 2.05) is 17.2 Å². The lowest BCUT2D eigenvalue weighted by atomic mass is 9.99. The monoisotopic (exact) mass is 360 g/mol. The molecule has 1 saturated heterocycles. The Labute approximate surface area is 149 Å². The van der Waals surface area contributed by atoms with E-state index in [1.165, 1.54) is 17.4 Å². The zero-order chi connectivity index (χ0) is 18.0. The molecule has 2 heterocycles. The van der Waals surface area contributed by atoms with Gasteiger partial charge in [-0.3, -0.25) is 20.2 Å². The number of nitrogens with one attached hydrogen (secondary N) is 1. The molecule has 0 saturated carbocycles. The first-order valence-corrected chi connectivity index (χ1v) is 9.09. The van der Waals surface area contributed by atoms with Crippen LogP contribution >= 0.6 is 11.3 Å². The van der Waals surface area contributed by atoms with Crippen LogP contribution in [0, 0.1) is 23.0 Å². The van der Waals surface area contributed by atoms with Gasteiger partial charge in [0.25, 0.3) is 11.6 Å². The quantitative estimate of drug-likeness (QED) is 0.661. The van der Waals surface area contributed by atoms with Crippen molar-refractivity contribution < 1.29 is 9.72 Å². The van der Waals surface area contributed by atoms with Gasteiger partial charge in [-0.15, -0.1) is 11.3 Å². The number of nitrogens with zero attached hydrogens (tertiary/aromatic N) is 3. The van der Waals surface area contributed by atoms with E-state index in [9.17, 15) is 14.9 Å². The van der Waals surface area contributed by atoms with Gasteiger partial charge in [0.2, 0.25) is 0 Å².